The lowest BCUT2D eigenvalue weighted by atomic mass is 9.97. The maximum Gasteiger partial charge on any atom is 0.336 e. The molecule has 1 aromatic carbocycles. The van der Waals surface area contributed by atoms with Gasteiger partial charge in [0.05, 0.1) is 12.8 Å². The van der Waals surface area contributed by atoms with Crippen molar-refractivity contribution in [2.75, 3.05) is 13.2 Å². The zero-order valence-corrected chi connectivity index (χ0v) is 26.4. The summed E-state index contributed by atoms with van der Waals surface area (Å²) < 4.78 is 38.7. The quantitative estimate of drug-likeness (QED) is 0.0923. The molecular weight excluding hydrogens is 614 g/mol. The van der Waals surface area contributed by atoms with E-state index in [0.29, 0.717) is 17.7 Å². The molecule has 2 N–H and O–H groups in total. The molecule has 16 heteroatoms. The molecule has 0 spiro atoms. The fraction of sp³-hybridized carbons (Fsp3) is 0.483. The van der Waals surface area contributed by atoms with Gasteiger partial charge in [-0.15, -0.1) is 0 Å². The van der Waals surface area contributed by atoms with Crippen LogP contribution in [0.15, 0.2) is 38.6 Å². The molecule has 2 aromatic rings. The molecule has 1 aliphatic rings. The third kappa shape index (κ3) is 9.71. The highest BCUT2D eigenvalue weighted by molar-refractivity contribution is 7.80. The molecule has 0 saturated carbocycles. The first-order chi connectivity index (χ1) is 21.2. The summed E-state index contributed by atoms with van der Waals surface area (Å²) in [7, 11) is 0. The predicted molar refractivity (Wildman–Crippen MR) is 161 cm³/mol. The highest BCUT2D eigenvalue weighted by atomic mass is 32.1. The Hall–Kier alpha value is -4.57. The number of ether oxygens (including phenoxy) is 6. The van der Waals surface area contributed by atoms with Crippen LogP contribution in [0.4, 0.5) is 0 Å². The summed E-state index contributed by atoms with van der Waals surface area (Å²) in [6.45, 7) is 8.42. The summed E-state index contributed by atoms with van der Waals surface area (Å²) >= 11 is 5.24. The molecule has 0 amide bonds. The maximum absolute atomic E-state index is 12.4. The van der Waals surface area contributed by atoms with Crippen molar-refractivity contribution in [3.05, 3.63) is 40.2 Å². The molecule has 1 aliphatic heterocycles. The fourth-order valence-electron chi connectivity index (χ4n) is 4.40. The van der Waals surface area contributed by atoms with E-state index >= 15 is 0 Å². The van der Waals surface area contributed by atoms with Crippen molar-refractivity contribution in [3.8, 4) is 5.75 Å². The number of hydrogen-bond donors (Lipinski definition) is 1. The van der Waals surface area contributed by atoms with Crippen molar-refractivity contribution < 1.29 is 52.0 Å². The van der Waals surface area contributed by atoms with E-state index in [-0.39, 0.29) is 22.2 Å². The van der Waals surface area contributed by atoms with Crippen LogP contribution >= 0.6 is 12.2 Å². The van der Waals surface area contributed by atoms with Crippen LogP contribution in [-0.2, 0) is 42.9 Å². The first-order valence-corrected chi connectivity index (χ1v) is 14.2. The van der Waals surface area contributed by atoms with Crippen LogP contribution in [0.2, 0.25) is 0 Å². The first-order valence-electron chi connectivity index (χ1n) is 13.8. The second kappa shape index (κ2) is 15.4. The van der Waals surface area contributed by atoms with Crippen LogP contribution in [0, 0.1) is 5.92 Å². The summed E-state index contributed by atoms with van der Waals surface area (Å²) in [6.07, 6.45) is -5.91. The molecule has 5 atom stereocenters. The van der Waals surface area contributed by atoms with Crippen LogP contribution in [0.1, 0.15) is 47.1 Å². The van der Waals surface area contributed by atoms with E-state index in [4.69, 9.17) is 50.8 Å². The molecule has 244 valence electrons. The normalized spacial score (nSPS) is 21.3. The molecule has 1 aromatic heterocycles. The molecule has 0 aliphatic carbocycles. The van der Waals surface area contributed by atoms with Gasteiger partial charge in [0.2, 0.25) is 0 Å². The van der Waals surface area contributed by atoms with Gasteiger partial charge in [-0.2, -0.15) is 5.10 Å². The molecule has 0 unspecified atom stereocenters. The van der Waals surface area contributed by atoms with Gasteiger partial charge < -0.3 is 38.6 Å². The minimum absolute atomic E-state index is 0.245. The Bertz CT molecular complexity index is 1520. The van der Waals surface area contributed by atoms with Crippen molar-refractivity contribution in [1.82, 2.24) is 5.01 Å². The highest BCUT2D eigenvalue weighted by Crippen LogP contribution is 2.31. The third-order valence-electron chi connectivity index (χ3n) is 6.08. The molecule has 45 heavy (non-hydrogen) atoms. The smallest absolute Gasteiger partial charge is 0.336 e. The Morgan fingerprint density at radius 2 is 1.60 bits per heavy atom. The Morgan fingerprint density at radius 3 is 2.18 bits per heavy atom. The lowest BCUT2D eigenvalue weighted by molar-refractivity contribution is -0.271. The standard InChI is InChI=1S/C29H35N3O12S/c1-14(2)12-39-20-7-8-22-21(10-20)19(9-24(37)43-22)11-31-32(29(30)45)28-27(42-18(6)36)26(41-17(5)35)25(40-16(4)34)23(44-28)13-38-15(3)33/h7-11,14,23,25-28H,12-13H2,1-6H3,(H2,30,45)/t23-,25-,26+,27-,28-/m1/s1. The van der Waals surface area contributed by atoms with Gasteiger partial charge in [0.1, 0.15) is 24.0 Å². The van der Waals surface area contributed by atoms with E-state index in [9.17, 15) is 24.0 Å². The lowest BCUT2D eigenvalue weighted by Crippen LogP contribution is -2.66. The van der Waals surface area contributed by atoms with E-state index in [0.717, 1.165) is 32.7 Å². The van der Waals surface area contributed by atoms with Crippen LogP contribution in [-0.4, -0.2) is 84.1 Å². The molecule has 0 radical (unpaired) electrons. The average molecular weight is 650 g/mol. The molecule has 3 rings (SSSR count). The van der Waals surface area contributed by atoms with Gasteiger partial charge in [-0.25, -0.2) is 9.80 Å². The number of rotatable bonds is 11. The number of carbonyl (C=O) groups excluding carboxylic acids is 4. The van der Waals surface area contributed by atoms with Gasteiger partial charge in [0, 0.05) is 44.7 Å². The summed E-state index contributed by atoms with van der Waals surface area (Å²) in [4.78, 5) is 60.4. The number of fused-ring (bicyclic) bond motifs is 1. The van der Waals surface area contributed by atoms with Gasteiger partial charge in [0.15, 0.2) is 29.7 Å². The number of benzene rings is 1. The maximum atomic E-state index is 12.4. The number of carbonyl (C=O) groups is 4. The Balaban J connectivity index is 2.12. The van der Waals surface area contributed by atoms with Crippen LogP contribution < -0.4 is 16.1 Å². The van der Waals surface area contributed by atoms with E-state index < -0.39 is 66.8 Å². The van der Waals surface area contributed by atoms with Gasteiger partial charge in [-0.1, -0.05) is 13.8 Å². The van der Waals surface area contributed by atoms with Gasteiger partial charge in [-0.3, -0.25) is 19.2 Å². The highest BCUT2D eigenvalue weighted by Gasteiger charge is 2.54. The zero-order chi connectivity index (χ0) is 33.4. The molecule has 1 fully saturated rings. The van der Waals surface area contributed by atoms with E-state index in [1.54, 1.807) is 18.2 Å². The summed E-state index contributed by atoms with van der Waals surface area (Å²) in [6, 6.07) is 6.09. The largest absolute Gasteiger partial charge is 0.493 e. The minimum atomic E-state index is -1.52. The zero-order valence-electron chi connectivity index (χ0n) is 25.5. The van der Waals surface area contributed by atoms with Crippen molar-refractivity contribution in [1.29, 1.82) is 0 Å². The fourth-order valence-corrected chi connectivity index (χ4v) is 4.55. The monoisotopic (exact) mass is 649 g/mol. The number of thiocarbonyl (C=S) groups is 1. The van der Waals surface area contributed by atoms with E-state index in [2.05, 4.69) is 5.10 Å². The SMILES string of the molecule is CC(=O)OC[C@H]1O[C@@H](N(N=Cc2cc(=O)oc3ccc(OCC(C)C)cc23)C(N)=S)[C@H](OC(C)=O)[C@@H](OC(C)=O)[C@@H]1OC(C)=O. The Kier molecular flexibility index (Phi) is 12.0. The van der Waals surface area contributed by atoms with E-state index in [1.807, 2.05) is 13.8 Å². The average Bonchev–Trinajstić information content (AvgIpc) is 2.92. The summed E-state index contributed by atoms with van der Waals surface area (Å²) in [5.74, 6) is -2.33. The molecule has 15 nitrogen and oxygen atoms in total. The van der Waals surface area contributed by atoms with Gasteiger partial charge in [-0.05, 0) is 36.3 Å². The second-order valence-electron chi connectivity index (χ2n) is 10.4. The summed E-state index contributed by atoms with van der Waals surface area (Å²) in [5, 5.41) is 5.37. The Morgan fingerprint density at radius 1 is 0.978 bits per heavy atom. The topological polar surface area (TPSA) is 195 Å². The van der Waals surface area contributed by atoms with Crippen molar-refractivity contribution >= 4 is 58.4 Å². The third-order valence-corrected chi connectivity index (χ3v) is 6.27. The van der Waals surface area contributed by atoms with Crippen molar-refractivity contribution in [2.45, 2.75) is 72.2 Å². The summed E-state index contributed by atoms with van der Waals surface area (Å²) in [5.41, 5.74) is 5.89. The molecule has 2 heterocycles. The van der Waals surface area contributed by atoms with Crippen LogP contribution in [0.25, 0.3) is 11.0 Å². The number of nitrogens with zero attached hydrogens (tertiary/aromatic N) is 2. The number of hydrogen-bond acceptors (Lipinski definition) is 14. The molecule has 0 bridgehead atoms. The van der Waals surface area contributed by atoms with Crippen molar-refractivity contribution in [3.63, 3.8) is 0 Å². The van der Waals surface area contributed by atoms with E-state index in [1.165, 1.54) is 12.3 Å². The van der Waals surface area contributed by atoms with Crippen LogP contribution in [0.5, 0.6) is 5.75 Å². The minimum Gasteiger partial charge on any atom is -0.493 e. The van der Waals surface area contributed by atoms with Gasteiger partial charge >= 0.3 is 29.5 Å². The van der Waals surface area contributed by atoms with Crippen LogP contribution in [0.3, 0.4) is 0 Å². The van der Waals surface area contributed by atoms with Crippen molar-refractivity contribution in [2.24, 2.45) is 16.8 Å². The van der Waals surface area contributed by atoms with Gasteiger partial charge in [0.25, 0.3) is 0 Å². The second-order valence-corrected chi connectivity index (χ2v) is 10.8. The number of esters is 4. The number of nitrogens with two attached hydrogens (primary N) is 1. The predicted octanol–water partition coefficient (Wildman–Crippen LogP) is 1.79. The first kappa shape index (κ1) is 34.9. The lowest BCUT2D eigenvalue weighted by Gasteiger charge is -2.46. The molecular formula is C29H35N3O12S. The Labute approximate surface area is 263 Å². The molecule has 1 saturated heterocycles. The number of hydrazone groups is 1.